The lowest BCUT2D eigenvalue weighted by atomic mass is 10.00. The Bertz CT molecular complexity index is 876. The lowest BCUT2D eigenvalue weighted by molar-refractivity contribution is -0.147. The fourth-order valence-electron chi connectivity index (χ4n) is 2.97. The quantitative estimate of drug-likeness (QED) is 0.570. The average Bonchev–Trinajstić information content (AvgIpc) is 2.76. The van der Waals surface area contributed by atoms with Crippen molar-refractivity contribution in [3.05, 3.63) is 65.2 Å². The van der Waals surface area contributed by atoms with E-state index in [1.54, 1.807) is 24.3 Å². The smallest absolute Gasteiger partial charge is 0.325 e. The molecule has 0 bridgehead atoms. The van der Waals surface area contributed by atoms with Gasteiger partial charge in [0.15, 0.2) is 6.61 Å². The van der Waals surface area contributed by atoms with Crippen LogP contribution in [0.1, 0.15) is 48.3 Å². The van der Waals surface area contributed by atoms with Crippen molar-refractivity contribution in [1.82, 2.24) is 10.6 Å². The average molecular weight is 427 g/mol. The van der Waals surface area contributed by atoms with Crippen LogP contribution in [0.3, 0.4) is 0 Å². The number of hydrogen-bond acceptors (Lipinski definition) is 5. The molecule has 0 fully saturated rings. The van der Waals surface area contributed by atoms with Gasteiger partial charge in [0.25, 0.3) is 11.8 Å². The third kappa shape index (κ3) is 8.12. The van der Waals surface area contributed by atoms with Gasteiger partial charge in [-0.05, 0) is 54.7 Å². The number of esters is 1. The summed E-state index contributed by atoms with van der Waals surface area (Å²) in [6.07, 6.45) is 1.01. The molecule has 2 rings (SSSR count). The van der Waals surface area contributed by atoms with Gasteiger partial charge in [-0.1, -0.05) is 38.1 Å². The second-order valence-corrected chi connectivity index (χ2v) is 7.70. The van der Waals surface area contributed by atoms with Crippen LogP contribution in [0.4, 0.5) is 0 Å². The Morgan fingerprint density at radius 1 is 0.935 bits per heavy atom. The van der Waals surface area contributed by atoms with Crippen molar-refractivity contribution < 1.29 is 23.9 Å². The molecule has 2 amide bonds. The molecule has 0 aromatic heterocycles. The molecule has 0 spiro atoms. The van der Waals surface area contributed by atoms with E-state index in [-0.39, 0.29) is 12.6 Å². The van der Waals surface area contributed by atoms with Crippen LogP contribution in [-0.4, -0.2) is 38.0 Å². The maximum absolute atomic E-state index is 12.1. The Kier molecular flexibility index (Phi) is 9.06. The minimum absolute atomic E-state index is 0.214. The molecule has 2 aromatic rings. The predicted octanol–water partition coefficient (Wildman–Crippen LogP) is 3.04. The molecule has 0 aliphatic carbocycles. The molecule has 0 saturated heterocycles. The van der Waals surface area contributed by atoms with Gasteiger partial charge >= 0.3 is 5.97 Å². The Labute approximate surface area is 183 Å². The summed E-state index contributed by atoms with van der Waals surface area (Å²) in [7, 11) is 1.53. The molecule has 7 nitrogen and oxygen atoms in total. The Hall–Kier alpha value is -3.35. The van der Waals surface area contributed by atoms with Gasteiger partial charge in [-0.15, -0.1) is 0 Å². The zero-order valence-corrected chi connectivity index (χ0v) is 18.4. The fraction of sp³-hybridized carbons (Fsp3) is 0.375. The standard InChI is InChI=1S/C24H30N2O5/c1-16(2)13-18-5-7-19(8-6-18)17(3)26-22(27)15-31-23(28)14-25-24(29)20-9-11-21(30-4)12-10-20/h5-12,16-17H,13-15H2,1-4H3,(H,25,29)(H,26,27)/t17-/m1/s1. The number of nitrogens with one attached hydrogen (secondary N) is 2. The van der Waals surface area contributed by atoms with Crippen molar-refractivity contribution in [3.8, 4) is 5.75 Å². The zero-order valence-electron chi connectivity index (χ0n) is 18.4. The molecule has 2 aromatic carbocycles. The third-order valence-electron chi connectivity index (χ3n) is 4.61. The van der Waals surface area contributed by atoms with E-state index >= 15 is 0 Å². The molecule has 0 aliphatic heterocycles. The largest absolute Gasteiger partial charge is 0.497 e. The molecule has 7 heteroatoms. The highest BCUT2D eigenvalue weighted by atomic mass is 16.5. The molecule has 0 radical (unpaired) electrons. The highest BCUT2D eigenvalue weighted by Gasteiger charge is 2.13. The maximum Gasteiger partial charge on any atom is 0.325 e. The predicted molar refractivity (Wildman–Crippen MR) is 118 cm³/mol. The van der Waals surface area contributed by atoms with Gasteiger partial charge in [0.2, 0.25) is 0 Å². The number of benzene rings is 2. The zero-order chi connectivity index (χ0) is 22.8. The highest BCUT2D eigenvalue weighted by Crippen LogP contribution is 2.15. The van der Waals surface area contributed by atoms with Gasteiger partial charge in [-0.2, -0.15) is 0 Å². The van der Waals surface area contributed by atoms with Crippen molar-refractivity contribution >= 4 is 17.8 Å². The van der Waals surface area contributed by atoms with Crippen molar-refractivity contribution in [3.63, 3.8) is 0 Å². The molecule has 31 heavy (non-hydrogen) atoms. The Balaban J connectivity index is 1.72. The summed E-state index contributed by atoms with van der Waals surface area (Å²) < 4.78 is 9.97. The van der Waals surface area contributed by atoms with Crippen LogP contribution < -0.4 is 15.4 Å². The van der Waals surface area contributed by atoms with Gasteiger partial charge in [0.05, 0.1) is 13.2 Å². The number of rotatable bonds is 10. The van der Waals surface area contributed by atoms with Crippen molar-refractivity contribution in [2.24, 2.45) is 5.92 Å². The van der Waals surface area contributed by atoms with E-state index in [1.807, 2.05) is 19.1 Å². The van der Waals surface area contributed by atoms with E-state index < -0.39 is 24.4 Å². The minimum Gasteiger partial charge on any atom is -0.497 e. The van der Waals surface area contributed by atoms with Crippen molar-refractivity contribution in [2.75, 3.05) is 20.3 Å². The van der Waals surface area contributed by atoms with Crippen LogP contribution in [0, 0.1) is 5.92 Å². The van der Waals surface area contributed by atoms with Gasteiger partial charge in [-0.25, -0.2) is 0 Å². The number of methoxy groups -OCH3 is 1. The van der Waals surface area contributed by atoms with E-state index in [2.05, 4.69) is 36.6 Å². The SMILES string of the molecule is COc1ccc(C(=O)NCC(=O)OCC(=O)N[C@H](C)c2ccc(CC(C)C)cc2)cc1. The monoisotopic (exact) mass is 426 g/mol. The third-order valence-corrected chi connectivity index (χ3v) is 4.61. The van der Waals surface area contributed by atoms with Crippen molar-refractivity contribution in [1.29, 1.82) is 0 Å². The van der Waals surface area contributed by atoms with E-state index in [0.29, 0.717) is 17.2 Å². The molecule has 0 unspecified atom stereocenters. The second-order valence-electron chi connectivity index (χ2n) is 7.70. The first kappa shape index (κ1) is 23.9. The van der Waals surface area contributed by atoms with Crippen LogP contribution in [0.5, 0.6) is 5.75 Å². The summed E-state index contributed by atoms with van der Waals surface area (Å²) in [6, 6.07) is 14.4. The number of carbonyl (C=O) groups excluding carboxylic acids is 3. The van der Waals surface area contributed by atoms with Gasteiger partial charge < -0.3 is 20.1 Å². The van der Waals surface area contributed by atoms with Gasteiger partial charge in [-0.3, -0.25) is 14.4 Å². The van der Waals surface area contributed by atoms with E-state index in [1.165, 1.54) is 12.7 Å². The summed E-state index contributed by atoms with van der Waals surface area (Å²) in [6.45, 7) is 5.47. The summed E-state index contributed by atoms with van der Waals surface area (Å²) in [5.41, 5.74) is 2.61. The first-order valence-electron chi connectivity index (χ1n) is 10.2. The van der Waals surface area contributed by atoms with E-state index in [9.17, 15) is 14.4 Å². The van der Waals surface area contributed by atoms with Crippen LogP contribution in [0.2, 0.25) is 0 Å². The highest BCUT2D eigenvalue weighted by molar-refractivity contribution is 5.96. The van der Waals surface area contributed by atoms with Crippen LogP contribution >= 0.6 is 0 Å². The lowest BCUT2D eigenvalue weighted by Crippen LogP contribution is -2.34. The number of amides is 2. The lowest BCUT2D eigenvalue weighted by Gasteiger charge is -2.15. The molecular weight excluding hydrogens is 396 g/mol. The van der Waals surface area contributed by atoms with Crippen molar-refractivity contribution in [2.45, 2.75) is 33.2 Å². The minimum atomic E-state index is -0.692. The van der Waals surface area contributed by atoms with Gasteiger partial charge in [0, 0.05) is 5.56 Å². The molecule has 1 atom stereocenters. The van der Waals surface area contributed by atoms with E-state index in [4.69, 9.17) is 9.47 Å². The summed E-state index contributed by atoms with van der Waals surface area (Å²) >= 11 is 0. The van der Waals surface area contributed by atoms with Gasteiger partial charge in [0.1, 0.15) is 12.3 Å². The second kappa shape index (κ2) is 11.7. The fourth-order valence-corrected chi connectivity index (χ4v) is 2.97. The molecule has 166 valence electrons. The van der Waals surface area contributed by atoms with Crippen LogP contribution in [0.15, 0.2) is 48.5 Å². The molecule has 0 saturated carbocycles. The maximum atomic E-state index is 12.1. The molecular formula is C24H30N2O5. The van der Waals surface area contributed by atoms with Crippen LogP contribution in [0.25, 0.3) is 0 Å². The first-order valence-corrected chi connectivity index (χ1v) is 10.2. The summed E-state index contributed by atoms with van der Waals surface area (Å²) in [5.74, 6) is -0.309. The van der Waals surface area contributed by atoms with Crippen LogP contribution in [-0.2, 0) is 20.7 Å². The number of hydrogen-bond donors (Lipinski definition) is 2. The number of ether oxygens (including phenoxy) is 2. The topological polar surface area (TPSA) is 93.7 Å². The Morgan fingerprint density at radius 2 is 1.58 bits per heavy atom. The molecule has 2 N–H and O–H groups in total. The first-order chi connectivity index (χ1) is 14.8. The Morgan fingerprint density at radius 3 is 2.16 bits per heavy atom. The molecule has 0 heterocycles. The molecule has 0 aliphatic rings. The summed E-state index contributed by atoms with van der Waals surface area (Å²) in [5, 5.41) is 5.26. The van der Waals surface area contributed by atoms with E-state index in [0.717, 1.165) is 12.0 Å². The normalized spacial score (nSPS) is 11.5. The summed E-state index contributed by atoms with van der Waals surface area (Å²) in [4.78, 5) is 35.9. The number of carbonyl (C=O) groups is 3.